The molecule has 4 heteroatoms. The Hall–Kier alpha value is -1.26. The predicted molar refractivity (Wildman–Crippen MR) is 66.9 cm³/mol. The van der Waals surface area contributed by atoms with Gasteiger partial charge in [-0.05, 0) is 18.2 Å². The quantitative estimate of drug-likeness (QED) is 0.808. The van der Waals surface area contributed by atoms with Gasteiger partial charge in [0, 0.05) is 9.80 Å². The summed E-state index contributed by atoms with van der Waals surface area (Å²) in [4.78, 5) is 1.96. The molecule has 1 aromatic rings. The maximum Gasteiger partial charge on any atom is 0.208 e. The summed E-state index contributed by atoms with van der Waals surface area (Å²) in [5.74, 6) is 0. The third-order valence-corrected chi connectivity index (χ3v) is 5.60. The van der Waals surface area contributed by atoms with Crippen LogP contribution in [0.15, 0.2) is 69.2 Å². The minimum absolute atomic E-state index is 0.242. The Morgan fingerprint density at radius 2 is 1.81 bits per heavy atom. The van der Waals surface area contributed by atoms with Crippen LogP contribution in [-0.4, -0.2) is 8.42 Å². The molecular weight excluding hydrogens is 240 g/mol. The normalized spacial score (nSPS) is 17.8. The van der Waals surface area contributed by atoms with Crippen LogP contribution < -0.4 is 0 Å². The lowest BCUT2D eigenvalue weighted by atomic mass is 10.4. The largest absolute Gasteiger partial charge is 0.218 e. The molecule has 1 aliphatic heterocycles. The van der Waals surface area contributed by atoms with E-state index in [0.29, 0.717) is 9.80 Å². The molecule has 1 aromatic carbocycles. The van der Waals surface area contributed by atoms with Gasteiger partial charge in [0.25, 0.3) is 0 Å². The lowest BCUT2D eigenvalue weighted by Gasteiger charge is -2.18. The van der Waals surface area contributed by atoms with E-state index in [9.17, 15) is 8.42 Å². The standard InChI is InChI=1S/C12H10O2S2/c1-3-9-11(4-2)16(13,14)12-8-6-5-7-10(12)15-9/h3-8H,1-2H2. The summed E-state index contributed by atoms with van der Waals surface area (Å²) in [7, 11) is -3.42. The van der Waals surface area contributed by atoms with E-state index in [-0.39, 0.29) is 4.91 Å². The number of allylic oxidation sites excluding steroid dienone is 2. The molecular formula is C12H10O2S2. The highest BCUT2D eigenvalue weighted by atomic mass is 32.2. The van der Waals surface area contributed by atoms with Gasteiger partial charge in [-0.3, -0.25) is 0 Å². The number of hydrogen-bond donors (Lipinski definition) is 0. The second-order valence-corrected chi connectivity index (χ2v) is 6.16. The molecule has 0 bridgehead atoms. The van der Waals surface area contributed by atoms with Crippen molar-refractivity contribution in [2.45, 2.75) is 9.79 Å². The van der Waals surface area contributed by atoms with Crippen LogP contribution >= 0.6 is 11.8 Å². The fourth-order valence-corrected chi connectivity index (χ4v) is 4.65. The molecule has 0 spiro atoms. The number of sulfone groups is 1. The van der Waals surface area contributed by atoms with Gasteiger partial charge in [0.05, 0.1) is 9.80 Å². The summed E-state index contributed by atoms with van der Waals surface area (Å²) in [5.41, 5.74) is 0. The molecule has 1 heterocycles. The lowest BCUT2D eigenvalue weighted by Crippen LogP contribution is -2.09. The number of rotatable bonds is 2. The molecule has 2 rings (SSSR count). The predicted octanol–water partition coefficient (Wildman–Crippen LogP) is 3.15. The zero-order valence-electron chi connectivity index (χ0n) is 8.51. The van der Waals surface area contributed by atoms with Crippen molar-refractivity contribution in [3.8, 4) is 0 Å². The van der Waals surface area contributed by atoms with Crippen LogP contribution in [-0.2, 0) is 9.84 Å². The Morgan fingerprint density at radius 3 is 2.44 bits per heavy atom. The van der Waals surface area contributed by atoms with Crippen LogP contribution in [0.2, 0.25) is 0 Å². The molecule has 16 heavy (non-hydrogen) atoms. The Morgan fingerprint density at radius 1 is 1.12 bits per heavy atom. The highest BCUT2D eigenvalue weighted by Gasteiger charge is 2.29. The van der Waals surface area contributed by atoms with E-state index in [2.05, 4.69) is 13.2 Å². The van der Waals surface area contributed by atoms with E-state index in [1.54, 1.807) is 24.3 Å². The lowest BCUT2D eigenvalue weighted by molar-refractivity contribution is 0.600. The third-order valence-electron chi connectivity index (χ3n) is 2.26. The Balaban J connectivity index is 2.79. The van der Waals surface area contributed by atoms with Gasteiger partial charge in [-0.25, -0.2) is 8.42 Å². The molecule has 0 amide bonds. The smallest absolute Gasteiger partial charge is 0.208 e. The average Bonchev–Trinajstić information content (AvgIpc) is 2.28. The van der Waals surface area contributed by atoms with Crippen molar-refractivity contribution in [3.63, 3.8) is 0 Å². The van der Waals surface area contributed by atoms with Crippen LogP contribution in [0.1, 0.15) is 0 Å². The minimum atomic E-state index is -3.42. The molecule has 0 unspecified atom stereocenters. The van der Waals surface area contributed by atoms with Gasteiger partial charge in [0.15, 0.2) is 0 Å². The van der Waals surface area contributed by atoms with Crippen molar-refractivity contribution in [2.75, 3.05) is 0 Å². The Kier molecular flexibility index (Phi) is 2.78. The Labute approximate surface area is 99.3 Å². The number of thioether (sulfide) groups is 1. The zero-order valence-corrected chi connectivity index (χ0v) is 10.1. The number of hydrogen-bond acceptors (Lipinski definition) is 3. The third kappa shape index (κ3) is 1.54. The van der Waals surface area contributed by atoms with Gasteiger partial charge in [0.2, 0.25) is 9.84 Å². The second kappa shape index (κ2) is 3.96. The fourth-order valence-electron chi connectivity index (χ4n) is 1.53. The summed E-state index contributed by atoms with van der Waals surface area (Å²) >= 11 is 1.40. The van der Waals surface area contributed by atoms with E-state index < -0.39 is 9.84 Å². The van der Waals surface area contributed by atoms with Crippen LogP contribution in [0, 0.1) is 0 Å². The molecule has 0 saturated heterocycles. The monoisotopic (exact) mass is 250 g/mol. The maximum absolute atomic E-state index is 12.2. The summed E-state index contributed by atoms with van der Waals surface area (Å²) in [6.45, 7) is 7.18. The summed E-state index contributed by atoms with van der Waals surface area (Å²) in [6, 6.07) is 6.94. The van der Waals surface area contributed by atoms with Gasteiger partial charge in [-0.2, -0.15) is 0 Å². The molecule has 0 fully saturated rings. The highest BCUT2D eigenvalue weighted by molar-refractivity contribution is 8.06. The maximum atomic E-state index is 12.2. The summed E-state index contributed by atoms with van der Waals surface area (Å²) < 4.78 is 24.4. The van der Waals surface area contributed by atoms with Crippen molar-refractivity contribution >= 4 is 21.6 Å². The SMILES string of the molecule is C=CC1=C(C=C)S(=O)(=O)c2ccccc2S1. The fraction of sp³-hybridized carbons (Fsp3) is 0. The molecule has 0 aliphatic carbocycles. The second-order valence-electron chi connectivity index (χ2n) is 3.19. The molecule has 82 valence electrons. The molecule has 0 aromatic heterocycles. The molecule has 0 atom stereocenters. The zero-order chi connectivity index (χ0) is 11.8. The van der Waals surface area contributed by atoms with Crippen molar-refractivity contribution in [3.05, 3.63) is 59.4 Å². The first-order valence-corrected chi connectivity index (χ1v) is 6.92. The first kappa shape index (κ1) is 11.2. The van der Waals surface area contributed by atoms with Crippen LogP contribution in [0.3, 0.4) is 0 Å². The van der Waals surface area contributed by atoms with Gasteiger partial charge >= 0.3 is 0 Å². The first-order chi connectivity index (χ1) is 7.61. The van der Waals surface area contributed by atoms with Gasteiger partial charge in [-0.15, -0.1) is 0 Å². The first-order valence-electron chi connectivity index (χ1n) is 4.62. The molecule has 0 N–H and O–H groups in total. The van der Waals surface area contributed by atoms with Gasteiger partial charge < -0.3 is 0 Å². The topological polar surface area (TPSA) is 34.1 Å². The number of benzene rings is 1. The molecule has 0 radical (unpaired) electrons. The molecule has 1 aliphatic rings. The van der Waals surface area contributed by atoms with E-state index in [1.807, 2.05) is 6.07 Å². The summed E-state index contributed by atoms with van der Waals surface area (Å²) in [6.07, 6.45) is 2.92. The van der Waals surface area contributed by atoms with E-state index in [1.165, 1.54) is 17.8 Å². The van der Waals surface area contributed by atoms with Crippen molar-refractivity contribution in [2.24, 2.45) is 0 Å². The molecule has 0 saturated carbocycles. The average molecular weight is 250 g/mol. The van der Waals surface area contributed by atoms with Crippen LogP contribution in [0.25, 0.3) is 0 Å². The van der Waals surface area contributed by atoms with Crippen LogP contribution in [0.5, 0.6) is 0 Å². The van der Waals surface area contributed by atoms with Crippen molar-refractivity contribution < 1.29 is 8.42 Å². The van der Waals surface area contributed by atoms with E-state index in [4.69, 9.17) is 0 Å². The van der Waals surface area contributed by atoms with Crippen molar-refractivity contribution in [1.82, 2.24) is 0 Å². The van der Waals surface area contributed by atoms with Crippen LogP contribution in [0.4, 0.5) is 0 Å². The summed E-state index contributed by atoms with van der Waals surface area (Å²) in [5, 5.41) is 0. The van der Waals surface area contributed by atoms with Gasteiger partial charge in [0.1, 0.15) is 0 Å². The highest BCUT2D eigenvalue weighted by Crippen LogP contribution is 2.43. The number of fused-ring (bicyclic) bond motifs is 1. The minimum Gasteiger partial charge on any atom is -0.218 e. The van der Waals surface area contributed by atoms with Crippen molar-refractivity contribution in [1.29, 1.82) is 0 Å². The van der Waals surface area contributed by atoms with Gasteiger partial charge in [-0.1, -0.05) is 43.1 Å². The van der Waals surface area contributed by atoms with E-state index >= 15 is 0 Å². The van der Waals surface area contributed by atoms with E-state index in [0.717, 1.165) is 4.90 Å². The Bertz CT molecular complexity index is 595. The molecule has 2 nitrogen and oxygen atoms in total.